The molecule has 0 unspecified atom stereocenters. The van der Waals surface area contributed by atoms with Gasteiger partial charge in [-0.1, -0.05) is 36.6 Å². The molecule has 0 amide bonds. The van der Waals surface area contributed by atoms with Crippen LogP contribution in [-0.4, -0.2) is 66.2 Å². The van der Waals surface area contributed by atoms with Gasteiger partial charge in [0, 0.05) is 36.4 Å². The van der Waals surface area contributed by atoms with Gasteiger partial charge in [-0.15, -0.1) is 0 Å². The van der Waals surface area contributed by atoms with E-state index in [2.05, 4.69) is 14.6 Å². The van der Waals surface area contributed by atoms with Crippen molar-refractivity contribution in [1.82, 2.24) is 9.44 Å². The number of nitrogens with zero attached hydrogens (tertiary/aromatic N) is 1. The zero-order valence-corrected chi connectivity index (χ0v) is 22.7. The Hall–Kier alpha value is -2.35. The van der Waals surface area contributed by atoms with E-state index in [1.165, 1.54) is 12.1 Å². The SMILES string of the molecule is O=S(=O)(NC1CCCCC1)c1ccc2c(c1)/C(=N\OCCO)c1cc(S(=O)(=O)NC3CCOCC3)ccc1-2. The maximum atomic E-state index is 13.2. The van der Waals surface area contributed by atoms with Crippen LogP contribution in [0.4, 0.5) is 0 Å². The molecule has 0 radical (unpaired) electrons. The first-order valence-corrected chi connectivity index (χ1v) is 16.0. The Labute approximate surface area is 223 Å². The number of benzene rings is 2. The Morgan fingerprint density at radius 1 is 0.789 bits per heavy atom. The summed E-state index contributed by atoms with van der Waals surface area (Å²) < 4.78 is 63.7. The van der Waals surface area contributed by atoms with Crippen LogP contribution in [0.25, 0.3) is 11.1 Å². The van der Waals surface area contributed by atoms with Crippen molar-refractivity contribution in [2.24, 2.45) is 5.16 Å². The van der Waals surface area contributed by atoms with Crippen LogP contribution < -0.4 is 9.44 Å². The summed E-state index contributed by atoms with van der Waals surface area (Å²) in [6, 6.07) is 9.31. The number of sulfonamides is 2. The lowest BCUT2D eigenvalue weighted by atomic mass is 9.96. The summed E-state index contributed by atoms with van der Waals surface area (Å²) in [4.78, 5) is 5.46. The number of hydrogen-bond acceptors (Lipinski definition) is 8. The number of oxime groups is 1. The summed E-state index contributed by atoms with van der Waals surface area (Å²) in [6.07, 6.45) is 5.95. The minimum atomic E-state index is -3.81. The third kappa shape index (κ3) is 5.80. The molecule has 0 atom stereocenters. The molecule has 206 valence electrons. The van der Waals surface area contributed by atoms with Crippen LogP contribution in [0, 0.1) is 0 Å². The van der Waals surface area contributed by atoms with Gasteiger partial charge in [0.25, 0.3) is 0 Å². The fourth-order valence-electron chi connectivity index (χ4n) is 5.25. The molecule has 5 rings (SSSR count). The van der Waals surface area contributed by atoms with E-state index in [0.29, 0.717) is 42.9 Å². The monoisotopic (exact) mass is 563 g/mol. The first kappa shape index (κ1) is 27.2. The summed E-state index contributed by atoms with van der Waals surface area (Å²) in [7, 11) is -7.58. The first-order valence-electron chi connectivity index (χ1n) is 13.0. The molecule has 1 saturated carbocycles. The highest BCUT2D eigenvalue weighted by Gasteiger charge is 2.31. The predicted octanol–water partition coefficient (Wildman–Crippen LogP) is 2.50. The van der Waals surface area contributed by atoms with Gasteiger partial charge in [0.15, 0.2) is 0 Å². The van der Waals surface area contributed by atoms with Crippen molar-refractivity contribution >= 4 is 25.8 Å². The topological polar surface area (TPSA) is 143 Å². The molecule has 2 aromatic carbocycles. The lowest BCUT2D eigenvalue weighted by Crippen LogP contribution is -2.38. The van der Waals surface area contributed by atoms with Crippen molar-refractivity contribution < 1.29 is 31.5 Å². The Morgan fingerprint density at radius 2 is 1.32 bits per heavy atom. The fourth-order valence-corrected chi connectivity index (χ4v) is 7.91. The second-order valence-corrected chi connectivity index (χ2v) is 13.3. The van der Waals surface area contributed by atoms with Crippen molar-refractivity contribution in [2.75, 3.05) is 26.4 Å². The fraction of sp³-hybridized carbons (Fsp3) is 0.500. The predicted molar refractivity (Wildman–Crippen MR) is 142 cm³/mol. The molecule has 2 aliphatic carbocycles. The van der Waals surface area contributed by atoms with Crippen LogP contribution in [-0.2, 0) is 29.6 Å². The number of nitrogens with one attached hydrogen (secondary N) is 2. The molecule has 10 nitrogen and oxygen atoms in total. The molecule has 3 aliphatic rings. The molecule has 0 spiro atoms. The average molecular weight is 564 g/mol. The van der Waals surface area contributed by atoms with Crippen molar-refractivity contribution in [1.29, 1.82) is 0 Å². The number of fused-ring (bicyclic) bond motifs is 3. The lowest BCUT2D eigenvalue weighted by molar-refractivity contribution is 0.0832. The van der Waals surface area contributed by atoms with Gasteiger partial charge in [0.1, 0.15) is 12.3 Å². The van der Waals surface area contributed by atoms with E-state index < -0.39 is 20.0 Å². The summed E-state index contributed by atoms with van der Waals surface area (Å²) in [5, 5.41) is 13.3. The average Bonchev–Trinajstić information content (AvgIpc) is 3.22. The first-order chi connectivity index (χ1) is 18.3. The summed E-state index contributed by atoms with van der Waals surface area (Å²) in [5.41, 5.74) is 2.81. The summed E-state index contributed by atoms with van der Waals surface area (Å²) >= 11 is 0. The zero-order valence-electron chi connectivity index (χ0n) is 21.1. The van der Waals surface area contributed by atoms with Crippen molar-refractivity contribution in [3.8, 4) is 11.1 Å². The van der Waals surface area contributed by atoms with Gasteiger partial charge in [-0.2, -0.15) is 0 Å². The van der Waals surface area contributed by atoms with Crippen LogP contribution in [0.15, 0.2) is 51.3 Å². The number of aliphatic hydroxyl groups is 1. The molecule has 12 heteroatoms. The highest BCUT2D eigenvalue weighted by Crippen LogP contribution is 2.39. The lowest BCUT2D eigenvalue weighted by Gasteiger charge is -2.23. The largest absolute Gasteiger partial charge is 0.393 e. The van der Waals surface area contributed by atoms with Gasteiger partial charge in [-0.05, 0) is 61.1 Å². The van der Waals surface area contributed by atoms with Crippen LogP contribution in [0.3, 0.4) is 0 Å². The van der Waals surface area contributed by atoms with Crippen LogP contribution >= 0.6 is 0 Å². The van der Waals surface area contributed by atoms with E-state index in [1.807, 2.05) is 0 Å². The van der Waals surface area contributed by atoms with Gasteiger partial charge in [-0.25, -0.2) is 26.3 Å². The third-order valence-corrected chi connectivity index (χ3v) is 10.2. The Kier molecular flexibility index (Phi) is 8.17. The van der Waals surface area contributed by atoms with Crippen molar-refractivity contribution in [3.63, 3.8) is 0 Å². The molecule has 3 N–H and O–H groups in total. The third-order valence-electron chi connectivity index (χ3n) is 7.21. The van der Waals surface area contributed by atoms with Gasteiger partial charge in [0.05, 0.1) is 16.4 Å². The minimum absolute atomic E-state index is 0.0569. The maximum absolute atomic E-state index is 13.2. The highest BCUT2D eigenvalue weighted by molar-refractivity contribution is 7.89. The number of ether oxygens (including phenoxy) is 1. The summed E-state index contributed by atoms with van der Waals surface area (Å²) in [6.45, 7) is 0.706. The molecule has 38 heavy (non-hydrogen) atoms. The molecular weight excluding hydrogens is 530 g/mol. The molecule has 2 fully saturated rings. The maximum Gasteiger partial charge on any atom is 0.240 e. The van der Waals surface area contributed by atoms with Crippen molar-refractivity contribution in [2.45, 2.75) is 66.8 Å². The number of aliphatic hydroxyl groups excluding tert-OH is 1. The quantitative estimate of drug-likeness (QED) is 0.268. The minimum Gasteiger partial charge on any atom is -0.393 e. The van der Waals surface area contributed by atoms with Gasteiger partial charge in [-0.3, -0.25) is 0 Å². The zero-order chi connectivity index (χ0) is 26.8. The molecular formula is C26H33N3O7S2. The Balaban J connectivity index is 1.48. The van der Waals surface area contributed by atoms with E-state index in [1.54, 1.807) is 24.3 Å². The second kappa shape index (κ2) is 11.4. The number of rotatable bonds is 9. The standard InChI is InChI=1S/C26H33N3O7S2/c30-12-15-36-27-26-24-16-20(37(31,32)28-18-4-2-1-3-5-18)6-8-22(24)23-9-7-21(17-25(23)26)38(33,34)29-19-10-13-35-14-11-19/h6-9,16-19,28-30H,1-5,10-15H2/b27-26+. The second-order valence-electron chi connectivity index (χ2n) is 9.88. The highest BCUT2D eigenvalue weighted by atomic mass is 32.2. The van der Waals surface area contributed by atoms with E-state index in [0.717, 1.165) is 43.2 Å². The Morgan fingerprint density at radius 3 is 1.84 bits per heavy atom. The van der Waals surface area contributed by atoms with Crippen LogP contribution in [0.2, 0.25) is 0 Å². The van der Waals surface area contributed by atoms with E-state index in [-0.39, 0.29) is 35.1 Å². The molecule has 2 aromatic rings. The Bertz CT molecular complexity index is 1310. The summed E-state index contributed by atoms with van der Waals surface area (Å²) in [5.74, 6) is 0. The van der Waals surface area contributed by atoms with E-state index >= 15 is 0 Å². The van der Waals surface area contributed by atoms with Crippen LogP contribution in [0.5, 0.6) is 0 Å². The van der Waals surface area contributed by atoms with E-state index in [4.69, 9.17) is 14.7 Å². The van der Waals surface area contributed by atoms with Crippen LogP contribution in [0.1, 0.15) is 56.1 Å². The molecule has 1 saturated heterocycles. The molecule has 1 aliphatic heterocycles. The van der Waals surface area contributed by atoms with Gasteiger partial charge in [0.2, 0.25) is 20.0 Å². The normalized spacial score (nSPS) is 19.9. The smallest absolute Gasteiger partial charge is 0.240 e. The number of hydrogen-bond donors (Lipinski definition) is 3. The van der Waals surface area contributed by atoms with Gasteiger partial charge < -0.3 is 14.7 Å². The van der Waals surface area contributed by atoms with Gasteiger partial charge >= 0.3 is 0 Å². The molecule has 0 bridgehead atoms. The van der Waals surface area contributed by atoms with Crippen molar-refractivity contribution in [3.05, 3.63) is 47.5 Å². The molecule has 1 heterocycles. The molecule has 0 aromatic heterocycles. The van der Waals surface area contributed by atoms with E-state index in [9.17, 15) is 16.8 Å².